The molecule has 0 saturated carbocycles. The Labute approximate surface area is 103 Å². The maximum Gasteiger partial charge on any atom is 0.371 e. The van der Waals surface area contributed by atoms with Gasteiger partial charge in [-0.1, -0.05) is 6.07 Å². The van der Waals surface area contributed by atoms with E-state index in [1.807, 2.05) is 12.1 Å². The summed E-state index contributed by atoms with van der Waals surface area (Å²) in [6, 6.07) is 7.66. The van der Waals surface area contributed by atoms with Crippen molar-refractivity contribution in [2.45, 2.75) is 12.6 Å². The molecule has 1 aliphatic heterocycles. The Bertz CT molecular complexity index is 586. The molecule has 1 saturated heterocycles. The molecule has 1 aliphatic rings. The molecular weight excluding hydrogens is 234 g/mol. The third kappa shape index (κ3) is 2.10. The summed E-state index contributed by atoms with van der Waals surface area (Å²) >= 11 is 0. The van der Waals surface area contributed by atoms with Crippen LogP contribution < -0.4 is 5.32 Å². The molecular formula is C13H13NO4. The number of hydrogen-bond donors (Lipinski definition) is 2. The third-order valence-electron chi connectivity index (χ3n) is 3.02. The Kier molecular flexibility index (Phi) is 2.77. The number of fused-ring (bicyclic) bond motifs is 1. The van der Waals surface area contributed by atoms with E-state index in [0.717, 1.165) is 30.7 Å². The van der Waals surface area contributed by atoms with Crippen molar-refractivity contribution in [3.63, 3.8) is 0 Å². The number of nitrogens with one attached hydrogen (secondary N) is 1. The van der Waals surface area contributed by atoms with Crippen molar-refractivity contribution in [3.8, 4) is 0 Å². The van der Waals surface area contributed by atoms with Crippen LogP contribution in [0.25, 0.3) is 11.0 Å². The zero-order valence-corrected chi connectivity index (χ0v) is 9.68. The van der Waals surface area contributed by atoms with Crippen molar-refractivity contribution in [1.29, 1.82) is 0 Å². The molecule has 0 bridgehead atoms. The fourth-order valence-corrected chi connectivity index (χ4v) is 1.92. The van der Waals surface area contributed by atoms with Gasteiger partial charge in [0.25, 0.3) is 0 Å². The molecule has 2 N–H and O–H groups in total. The number of carboxylic acid groups (broad SMARTS) is 1. The van der Waals surface area contributed by atoms with Crippen molar-refractivity contribution >= 4 is 16.9 Å². The second-order valence-corrected chi connectivity index (χ2v) is 4.40. The fourth-order valence-electron chi connectivity index (χ4n) is 1.92. The first kappa shape index (κ1) is 11.3. The highest BCUT2D eigenvalue weighted by molar-refractivity contribution is 5.91. The van der Waals surface area contributed by atoms with Crippen LogP contribution in [0.5, 0.6) is 0 Å². The lowest BCUT2D eigenvalue weighted by Gasteiger charge is -2.26. The van der Waals surface area contributed by atoms with Crippen molar-refractivity contribution in [2.24, 2.45) is 0 Å². The van der Waals surface area contributed by atoms with Crippen LogP contribution in [0, 0.1) is 0 Å². The van der Waals surface area contributed by atoms with Gasteiger partial charge in [0, 0.05) is 11.9 Å². The smallest absolute Gasteiger partial charge is 0.371 e. The molecule has 3 rings (SSSR count). The Balaban J connectivity index is 1.78. The molecule has 5 nitrogen and oxygen atoms in total. The van der Waals surface area contributed by atoms with E-state index >= 15 is 0 Å². The number of benzene rings is 1. The lowest BCUT2D eigenvalue weighted by molar-refractivity contribution is -0.00578. The van der Waals surface area contributed by atoms with Crippen molar-refractivity contribution in [3.05, 3.63) is 35.6 Å². The molecule has 18 heavy (non-hydrogen) atoms. The Hall–Kier alpha value is -1.85. The van der Waals surface area contributed by atoms with Crippen LogP contribution in [0.15, 0.2) is 28.7 Å². The maximum atomic E-state index is 10.8. The summed E-state index contributed by atoms with van der Waals surface area (Å²) in [5, 5.41) is 13.0. The number of rotatable bonds is 4. The quantitative estimate of drug-likeness (QED) is 0.859. The van der Waals surface area contributed by atoms with Crippen LogP contribution in [0.3, 0.4) is 0 Å². The minimum absolute atomic E-state index is 0.0255. The largest absolute Gasteiger partial charge is 0.475 e. The summed E-state index contributed by atoms with van der Waals surface area (Å²) in [4.78, 5) is 10.8. The monoisotopic (exact) mass is 247 g/mol. The van der Waals surface area contributed by atoms with Gasteiger partial charge in [-0.05, 0) is 23.8 Å². The van der Waals surface area contributed by atoms with Gasteiger partial charge in [0.1, 0.15) is 5.58 Å². The van der Waals surface area contributed by atoms with Crippen LogP contribution in [0.4, 0.5) is 0 Å². The molecule has 1 aromatic carbocycles. The van der Waals surface area contributed by atoms with Gasteiger partial charge in [0.05, 0.1) is 19.3 Å². The fraction of sp³-hybridized carbons (Fsp3) is 0.308. The molecule has 0 atom stereocenters. The van der Waals surface area contributed by atoms with Gasteiger partial charge in [-0.15, -0.1) is 0 Å². The molecule has 0 aliphatic carbocycles. The van der Waals surface area contributed by atoms with E-state index in [-0.39, 0.29) is 5.76 Å². The van der Waals surface area contributed by atoms with Crippen molar-refractivity contribution < 1.29 is 19.1 Å². The second-order valence-electron chi connectivity index (χ2n) is 4.40. The SMILES string of the molecule is O=C(O)c1cc2cc(CNC3COC3)ccc2o1. The first-order valence-electron chi connectivity index (χ1n) is 5.79. The predicted molar refractivity (Wildman–Crippen MR) is 64.6 cm³/mol. The van der Waals surface area contributed by atoms with Gasteiger partial charge in [-0.3, -0.25) is 0 Å². The van der Waals surface area contributed by atoms with E-state index in [0.29, 0.717) is 11.6 Å². The highest BCUT2D eigenvalue weighted by Gasteiger charge is 2.17. The summed E-state index contributed by atoms with van der Waals surface area (Å²) in [5.41, 5.74) is 1.70. The first-order chi connectivity index (χ1) is 8.72. The van der Waals surface area contributed by atoms with Gasteiger partial charge < -0.3 is 19.6 Å². The van der Waals surface area contributed by atoms with E-state index in [9.17, 15) is 4.79 Å². The lowest BCUT2D eigenvalue weighted by atomic mass is 10.1. The predicted octanol–water partition coefficient (Wildman–Crippen LogP) is 1.62. The molecule has 0 unspecified atom stereocenters. The Morgan fingerprint density at radius 2 is 2.22 bits per heavy atom. The topological polar surface area (TPSA) is 71.7 Å². The third-order valence-corrected chi connectivity index (χ3v) is 3.02. The van der Waals surface area contributed by atoms with E-state index in [4.69, 9.17) is 14.3 Å². The molecule has 2 heterocycles. The Morgan fingerprint density at radius 1 is 1.39 bits per heavy atom. The van der Waals surface area contributed by atoms with Gasteiger partial charge in [-0.25, -0.2) is 4.79 Å². The molecule has 1 fully saturated rings. The second kappa shape index (κ2) is 4.44. The summed E-state index contributed by atoms with van der Waals surface area (Å²) in [5.74, 6) is -1.07. The van der Waals surface area contributed by atoms with Crippen molar-refractivity contribution in [1.82, 2.24) is 5.32 Å². The number of hydrogen-bond acceptors (Lipinski definition) is 4. The Morgan fingerprint density at radius 3 is 2.89 bits per heavy atom. The minimum atomic E-state index is -1.04. The summed E-state index contributed by atoms with van der Waals surface area (Å²) < 4.78 is 10.3. The van der Waals surface area contributed by atoms with Gasteiger partial charge in [-0.2, -0.15) is 0 Å². The number of aromatic carboxylic acids is 1. The molecule has 1 aromatic heterocycles. The van der Waals surface area contributed by atoms with Gasteiger partial charge in [0.15, 0.2) is 0 Å². The van der Waals surface area contributed by atoms with E-state index in [1.165, 1.54) is 0 Å². The van der Waals surface area contributed by atoms with E-state index < -0.39 is 5.97 Å². The summed E-state index contributed by atoms with van der Waals surface area (Å²) in [7, 11) is 0. The molecule has 0 amide bonds. The standard InChI is InChI=1S/C13H13NO4/c15-13(16)12-4-9-3-8(1-2-11(9)18-12)5-14-10-6-17-7-10/h1-4,10,14H,5-7H2,(H,15,16). The number of ether oxygens (including phenoxy) is 1. The van der Waals surface area contributed by atoms with Crippen LogP contribution >= 0.6 is 0 Å². The first-order valence-corrected chi connectivity index (χ1v) is 5.79. The highest BCUT2D eigenvalue weighted by atomic mass is 16.5. The maximum absolute atomic E-state index is 10.8. The van der Waals surface area contributed by atoms with Crippen molar-refractivity contribution in [2.75, 3.05) is 13.2 Å². The molecule has 5 heteroatoms. The zero-order valence-electron chi connectivity index (χ0n) is 9.68. The van der Waals surface area contributed by atoms with E-state index in [1.54, 1.807) is 12.1 Å². The van der Waals surface area contributed by atoms with Crippen LogP contribution in [0.1, 0.15) is 16.1 Å². The minimum Gasteiger partial charge on any atom is -0.475 e. The average molecular weight is 247 g/mol. The summed E-state index contributed by atoms with van der Waals surface area (Å²) in [6.07, 6.45) is 0. The molecule has 94 valence electrons. The van der Waals surface area contributed by atoms with Crippen LogP contribution in [0.2, 0.25) is 0 Å². The van der Waals surface area contributed by atoms with Crippen LogP contribution in [-0.2, 0) is 11.3 Å². The van der Waals surface area contributed by atoms with Gasteiger partial charge >= 0.3 is 5.97 Å². The van der Waals surface area contributed by atoms with E-state index in [2.05, 4.69) is 5.32 Å². The molecule has 2 aromatic rings. The normalized spacial score (nSPS) is 15.8. The van der Waals surface area contributed by atoms with Gasteiger partial charge in [0.2, 0.25) is 5.76 Å². The number of furan rings is 1. The lowest BCUT2D eigenvalue weighted by Crippen LogP contribution is -2.45. The number of carbonyl (C=O) groups is 1. The zero-order chi connectivity index (χ0) is 12.5. The summed E-state index contributed by atoms with van der Waals surface area (Å²) in [6.45, 7) is 2.27. The highest BCUT2D eigenvalue weighted by Crippen LogP contribution is 2.21. The average Bonchev–Trinajstić information content (AvgIpc) is 2.70. The molecule has 0 radical (unpaired) electrons. The molecule has 0 spiro atoms. The number of carboxylic acids is 1. The van der Waals surface area contributed by atoms with Crippen LogP contribution in [-0.4, -0.2) is 30.3 Å².